The van der Waals surface area contributed by atoms with Crippen molar-refractivity contribution in [1.82, 2.24) is 5.01 Å². The van der Waals surface area contributed by atoms with Crippen LogP contribution in [0.15, 0.2) is 46.5 Å². The summed E-state index contributed by atoms with van der Waals surface area (Å²) in [5, 5.41) is 4.80. The first-order valence-electron chi connectivity index (χ1n) is 7.28. The highest BCUT2D eigenvalue weighted by Gasteiger charge is 2.34. The zero-order chi connectivity index (χ0) is 15.1. The number of halogens is 2. The molecule has 1 aliphatic carbocycles. The molecular formula is C17H20BrIN2. The van der Waals surface area contributed by atoms with Crippen molar-refractivity contribution >= 4 is 44.2 Å². The first-order chi connectivity index (χ1) is 9.99. The van der Waals surface area contributed by atoms with Gasteiger partial charge >= 0.3 is 0 Å². The fourth-order valence-corrected chi connectivity index (χ4v) is 4.39. The predicted octanol–water partition coefficient (Wildman–Crippen LogP) is 5.32. The molecule has 4 heteroatoms. The van der Waals surface area contributed by atoms with Crippen LogP contribution in [0.3, 0.4) is 0 Å². The SMILES string of the molecule is CC1=CC=CC(C)C1CN1c2cc(Br)ccc2C(I)N1C. The minimum atomic E-state index is 0.407. The smallest absolute Gasteiger partial charge is 0.107 e. The van der Waals surface area contributed by atoms with E-state index in [-0.39, 0.29) is 0 Å². The van der Waals surface area contributed by atoms with Crippen molar-refractivity contribution in [2.24, 2.45) is 11.8 Å². The Morgan fingerprint density at radius 2 is 2.10 bits per heavy atom. The van der Waals surface area contributed by atoms with E-state index in [1.807, 2.05) is 0 Å². The molecule has 0 bridgehead atoms. The molecule has 1 aromatic rings. The van der Waals surface area contributed by atoms with Gasteiger partial charge in [-0.25, -0.2) is 5.01 Å². The predicted molar refractivity (Wildman–Crippen MR) is 102 cm³/mol. The van der Waals surface area contributed by atoms with Crippen molar-refractivity contribution in [1.29, 1.82) is 0 Å². The highest BCUT2D eigenvalue weighted by Crippen LogP contribution is 2.45. The molecule has 1 aliphatic heterocycles. The summed E-state index contributed by atoms with van der Waals surface area (Å²) >= 11 is 6.13. The fraction of sp³-hybridized carbons (Fsp3) is 0.412. The van der Waals surface area contributed by atoms with E-state index in [2.05, 4.69) is 106 Å². The number of fused-ring (bicyclic) bond motifs is 1. The number of alkyl halides is 1. The second-order valence-corrected chi connectivity index (χ2v) is 8.05. The summed E-state index contributed by atoms with van der Waals surface area (Å²) in [5.41, 5.74) is 4.22. The summed E-state index contributed by atoms with van der Waals surface area (Å²) in [6, 6.07) is 6.62. The van der Waals surface area contributed by atoms with Crippen molar-refractivity contribution in [3.05, 3.63) is 52.0 Å². The number of anilines is 1. The van der Waals surface area contributed by atoms with Gasteiger partial charge in [0.1, 0.15) is 4.05 Å². The zero-order valence-corrected chi connectivity index (χ0v) is 16.3. The normalized spacial score (nSPS) is 28.7. The minimum Gasteiger partial charge on any atom is -0.304 e. The molecule has 3 unspecified atom stereocenters. The molecule has 1 aromatic carbocycles. The van der Waals surface area contributed by atoms with Gasteiger partial charge in [0.05, 0.1) is 5.69 Å². The summed E-state index contributed by atoms with van der Waals surface area (Å²) in [6.45, 7) is 5.61. The Morgan fingerprint density at radius 1 is 1.33 bits per heavy atom. The Kier molecular flexibility index (Phi) is 4.48. The van der Waals surface area contributed by atoms with Gasteiger partial charge in [0.15, 0.2) is 0 Å². The van der Waals surface area contributed by atoms with Crippen molar-refractivity contribution in [2.75, 3.05) is 18.6 Å². The average Bonchev–Trinajstić information content (AvgIpc) is 2.67. The molecule has 0 fully saturated rings. The van der Waals surface area contributed by atoms with Gasteiger partial charge in [0.2, 0.25) is 0 Å². The highest BCUT2D eigenvalue weighted by atomic mass is 127. The van der Waals surface area contributed by atoms with Crippen LogP contribution in [-0.2, 0) is 0 Å². The lowest BCUT2D eigenvalue weighted by Crippen LogP contribution is -2.40. The van der Waals surface area contributed by atoms with Crippen molar-refractivity contribution < 1.29 is 0 Å². The van der Waals surface area contributed by atoms with Crippen LogP contribution in [0, 0.1) is 11.8 Å². The van der Waals surface area contributed by atoms with Crippen molar-refractivity contribution in [2.45, 2.75) is 17.9 Å². The van der Waals surface area contributed by atoms with E-state index in [9.17, 15) is 0 Å². The molecular weight excluding hydrogens is 439 g/mol. The Morgan fingerprint density at radius 3 is 2.81 bits per heavy atom. The van der Waals surface area contributed by atoms with Crippen LogP contribution in [0.4, 0.5) is 5.69 Å². The molecule has 2 nitrogen and oxygen atoms in total. The molecule has 0 N–H and O–H groups in total. The van der Waals surface area contributed by atoms with Crippen LogP contribution in [0.5, 0.6) is 0 Å². The van der Waals surface area contributed by atoms with E-state index >= 15 is 0 Å². The number of allylic oxidation sites excluding steroid dienone is 3. The summed E-state index contributed by atoms with van der Waals surface area (Å²) in [4.78, 5) is 0. The first kappa shape index (κ1) is 15.6. The zero-order valence-electron chi connectivity index (χ0n) is 12.6. The number of benzene rings is 1. The van der Waals surface area contributed by atoms with Crippen LogP contribution in [-0.4, -0.2) is 18.6 Å². The van der Waals surface area contributed by atoms with E-state index in [1.165, 1.54) is 16.8 Å². The fourth-order valence-electron chi connectivity index (χ4n) is 3.21. The summed E-state index contributed by atoms with van der Waals surface area (Å²) < 4.78 is 1.55. The van der Waals surface area contributed by atoms with Gasteiger partial charge in [-0.05, 0) is 25.0 Å². The van der Waals surface area contributed by atoms with Gasteiger partial charge in [-0.1, -0.05) is 75.3 Å². The lowest BCUT2D eigenvalue weighted by Gasteiger charge is -2.35. The monoisotopic (exact) mass is 458 g/mol. The Hall–Kier alpha value is -0.330. The maximum absolute atomic E-state index is 3.61. The average molecular weight is 459 g/mol. The molecule has 1 heterocycles. The Balaban J connectivity index is 1.91. The first-order valence-corrected chi connectivity index (χ1v) is 9.31. The maximum Gasteiger partial charge on any atom is 0.107 e. The molecule has 0 saturated carbocycles. The third kappa shape index (κ3) is 2.82. The molecule has 3 rings (SSSR count). The van der Waals surface area contributed by atoms with Gasteiger partial charge in [0.25, 0.3) is 0 Å². The van der Waals surface area contributed by atoms with Gasteiger partial charge in [-0.15, -0.1) is 0 Å². The number of hydrogen-bond donors (Lipinski definition) is 0. The van der Waals surface area contributed by atoms with Crippen LogP contribution < -0.4 is 5.01 Å². The van der Waals surface area contributed by atoms with Crippen molar-refractivity contribution in [3.63, 3.8) is 0 Å². The number of nitrogens with zero attached hydrogens (tertiary/aromatic N) is 2. The molecule has 21 heavy (non-hydrogen) atoms. The molecule has 0 spiro atoms. The van der Waals surface area contributed by atoms with Gasteiger partial charge < -0.3 is 5.01 Å². The topological polar surface area (TPSA) is 6.48 Å². The molecule has 0 radical (unpaired) electrons. The second-order valence-electron chi connectivity index (χ2n) is 5.96. The standard InChI is InChI=1S/C17H20BrIN2/c1-11-5-4-6-12(2)15(11)10-21-16-9-13(18)7-8-14(16)17(19)20(21)3/h4-9,11,15,17H,10H2,1-3H3. The summed E-state index contributed by atoms with van der Waals surface area (Å²) in [7, 11) is 2.19. The quantitative estimate of drug-likeness (QED) is 0.336. The van der Waals surface area contributed by atoms with E-state index < -0.39 is 0 Å². The van der Waals surface area contributed by atoms with Gasteiger partial charge in [0, 0.05) is 29.5 Å². The molecule has 3 atom stereocenters. The van der Waals surface area contributed by atoms with Crippen molar-refractivity contribution in [3.8, 4) is 0 Å². The molecule has 0 amide bonds. The number of hydrogen-bond acceptors (Lipinski definition) is 2. The molecule has 2 aliphatic rings. The van der Waals surface area contributed by atoms with E-state index in [1.54, 1.807) is 0 Å². The van der Waals surface area contributed by atoms with E-state index in [4.69, 9.17) is 0 Å². The second kappa shape index (κ2) is 6.05. The third-order valence-corrected chi connectivity index (χ3v) is 6.57. The Bertz CT molecular complexity index is 611. The number of hydrazine groups is 1. The largest absolute Gasteiger partial charge is 0.304 e. The Labute approximate surface area is 149 Å². The maximum atomic E-state index is 3.61. The molecule has 0 aromatic heterocycles. The summed E-state index contributed by atoms with van der Waals surface area (Å²) in [6.07, 6.45) is 6.76. The number of rotatable bonds is 2. The highest BCUT2D eigenvalue weighted by molar-refractivity contribution is 14.1. The van der Waals surface area contributed by atoms with Crippen LogP contribution in [0.1, 0.15) is 23.5 Å². The third-order valence-electron chi connectivity index (χ3n) is 4.60. The van der Waals surface area contributed by atoms with Crippen LogP contribution >= 0.6 is 38.5 Å². The molecule has 0 saturated heterocycles. The van der Waals surface area contributed by atoms with Gasteiger partial charge in [-0.2, -0.15) is 0 Å². The lowest BCUT2D eigenvalue weighted by atomic mass is 9.84. The van der Waals surface area contributed by atoms with Gasteiger partial charge in [-0.3, -0.25) is 0 Å². The van der Waals surface area contributed by atoms with Crippen LogP contribution in [0.2, 0.25) is 0 Å². The minimum absolute atomic E-state index is 0.407. The molecule has 112 valence electrons. The lowest BCUT2D eigenvalue weighted by molar-refractivity contribution is 0.298. The van der Waals surface area contributed by atoms with Crippen LogP contribution in [0.25, 0.3) is 0 Å². The van der Waals surface area contributed by atoms with E-state index in [0.717, 1.165) is 11.0 Å². The summed E-state index contributed by atoms with van der Waals surface area (Å²) in [5.74, 6) is 1.17. The van der Waals surface area contributed by atoms with E-state index in [0.29, 0.717) is 15.9 Å².